The van der Waals surface area contributed by atoms with Gasteiger partial charge in [0.25, 0.3) is 0 Å². The fraction of sp³-hybridized carbons (Fsp3) is 0. The summed E-state index contributed by atoms with van der Waals surface area (Å²) in [5.41, 5.74) is 4.82. The summed E-state index contributed by atoms with van der Waals surface area (Å²) in [6.07, 6.45) is 0. The standard InChI is InChI=1S/C7H5ClN4OS/c8-4-2-1-3(14-4)5-10-6(9)12-7(13)11-5/h1-2H,(H3,9,10,11,12,13). The lowest BCUT2D eigenvalue weighted by molar-refractivity contribution is 1.01. The van der Waals surface area contributed by atoms with E-state index in [4.69, 9.17) is 17.3 Å². The molecule has 0 aromatic carbocycles. The number of hydrogen-bond donors (Lipinski definition) is 2. The summed E-state index contributed by atoms with van der Waals surface area (Å²) in [5, 5.41) is 0. The Morgan fingerprint density at radius 1 is 1.43 bits per heavy atom. The second kappa shape index (κ2) is 3.39. The fourth-order valence-electron chi connectivity index (χ4n) is 0.959. The Hall–Kier alpha value is -1.40. The normalized spacial score (nSPS) is 10.4. The quantitative estimate of drug-likeness (QED) is 0.766. The Labute approximate surface area is 87.6 Å². The predicted molar refractivity (Wildman–Crippen MR) is 55.4 cm³/mol. The summed E-state index contributed by atoms with van der Waals surface area (Å²) in [4.78, 5) is 21.5. The maximum Gasteiger partial charge on any atom is 0.349 e. The van der Waals surface area contributed by atoms with Crippen molar-refractivity contribution in [2.75, 3.05) is 5.73 Å². The van der Waals surface area contributed by atoms with Crippen molar-refractivity contribution in [1.29, 1.82) is 0 Å². The van der Waals surface area contributed by atoms with Gasteiger partial charge in [-0.1, -0.05) is 11.6 Å². The summed E-state index contributed by atoms with van der Waals surface area (Å²) < 4.78 is 0.623. The van der Waals surface area contributed by atoms with Crippen LogP contribution in [0.5, 0.6) is 0 Å². The SMILES string of the molecule is Nc1nc(-c2ccc(Cl)s2)[nH]c(=O)n1. The third kappa shape index (κ3) is 1.75. The number of aromatic amines is 1. The average molecular weight is 229 g/mol. The molecule has 2 rings (SSSR count). The van der Waals surface area contributed by atoms with Crippen LogP contribution >= 0.6 is 22.9 Å². The van der Waals surface area contributed by atoms with Crippen molar-refractivity contribution in [3.8, 4) is 10.7 Å². The highest BCUT2D eigenvalue weighted by Crippen LogP contribution is 2.27. The molecule has 7 heteroatoms. The largest absolute Gasteiger partial charge is 0.368 e. The van der Waals surface area contributed by atoms with Crippen LogP contribution in [-0.2, 0) is 0 Å². The Morgan fingerprint density at radius 2 is 2.21 bits per heavy atom. The molecule has 0 aliphatic heterocycles. The maximum atomic E-state index is 11.0. The molecule has 0 radical (unpaired) electrons. The molecule has 2 aromatic rings. The number of nitrogens with one attached hydrogen (secondary N) is 1. The number of nitrogen functional groups attached to an aromatic ring is 1. The molecule has 0 atom stereocenters. The molecule has 5 nitrogen and oxygen atoms in total. The number of nitrogens with two attached hydrogens (primary N) is 1. The van der Waals surface area contributed by atoms with Crippen LogP contribution < -0.4 is 11.4 Å². The molecule has 0 aliphatic rings. The van der Waals surface area contributed by atoms with E-state index in [-0.39, 0.29) is 5.95 Å². The Bertz CT molecular complexity index is 520. The van der Waals surface area contributed by atoms with E-state index in [1.54, 1.807) is 12.1 Å². The molecule has 0 aliphatic carbocycles. The van der Waals surface area contributed by atoms with Crippen molar-refractivity contribution in [2.45, 2.75) is 0 Å². The summed E-state index contributed by atoms with van der Waals surface area (Å²) in [6, 6.07) is 3.48. The van der Waals surface area contributed by atoms with E-state index < -0.39 is 5.69 Å². The van der Waals surface area contributed by atoms with Crippen LogP contribution in [0, 0.1) is 0 Å². The molecule has 0 spiro atoms. The number of rotatable bonds is 1. The van der Waals surface area contributed by atoms with E-state index in [9.17, 15) is 4.79 Å². The molecule has 72 valence electrons. The molecule has 0 bridgehead atoms. The van der Waals surface area contributed by atoms with Gasteiger partial charge < -0.3 is 5.73 Å². The number of thiophene rings is 1. The van der Waals surface area contributed by atoms with Gasteiger partial charge in [0.05, 0.1) is 9.21 Å². The van der Waals surface area contributed by atoms with Crippen LogP contribution in [0.3, 0.4) is 0 Å². The van der Waals surface area contributed by atoms with E-state index in [0.29, 0.717) is 10.2 Å². The third-order valence-electron chi connectivity index (χ3n) is 1.47. The van der Waals surface area contributed by atoms with Gasteiger partial charge in [0.1, 0.15) is 0 Å². The maximum absolute atomic E-state index is 11.0. The van der Waals surface area contributed by atoms with Gasteiger partial charge in [0.2, 0.25) is 5.95 Å². The van der Waals surface area contributed by atoms with Crippen molar-refractivity contribution in [1.82, 2.24) is 15.0 Å². The van der Waals surface area contributed by atoms with Crippen molar-refractivity contribution in [3.63, 3.8) is 0 Å². The van der Waals surface area contributed by atoms with Crippen LogP contribution in [0.2, 0.25) is 4.34 Å². The minimum absolute atomic E-state index is 0.0479. The first-order valence-electron chi connectivity index (χ1n) is 3.65. The molecule has 14 heavy (non-hydrogen) atoms. The second-order valence-corrected chi connectivity index (χ2v) is 4.18. The van der Waals surface area contributed by atoms with Crippen molar-refractivity contribution in [2.24, 2.45) is 0 Å². The highest BCUT2D eigenvalue weighted by molar-refractivity contribution is 7.19. The third-order valence-corrected chi connectivity index (χ3v) is 2.71. The first-order chi connectivity index (χ1) is 6.65. The predicted octanol–water partition coefficient (Wildman–Crippen LogP) is 1.13. The fourth-order valence-corrected chi connectivity index (χ4v) is 1.95. The Balaban J connectivity index is 2.56. The Kier molecular flexibility index (Phi) is 2.22. The van der Waals surface area contributed by atoms with E-state index in [1.807, 2.05) is 0 Å². The number of nitrogens with zero attached hydrogens (tertiary/aromatic N) is 2. The smallest absolute Gasteiger partial charge is 0.349 e. The van der Waals surface area contributed by atoms with Gasteiger partial charge in [-0.3, -0.25) is 4.98 Å². The minimum atomic E-state index is -0.517. The molecule has 2 aromatic heterocycles. The molecular weight excluding hydrogens is 224 g/mol. The van der Waals surface area contributed by atoms with Gasteiger partial charge in [-0.2, -0.15) is 9.97 Å². The summed E-state index contributed by atoms with van der Waals surface area (Å²) in [6.45, 7) is 0. The highest BCUT2D eigenvalue weighted by atomic mass is 35.5. The summed E-state index contributed by atoms with van der Waals surface area (Å²) in [5.74, 6) is 0.340. The zero-order valence-corrected chi connectivity index (χ0v) is 8.39. The molecule has 0 saturated carbocycles. The summed E-state index contributed by atoms with van der Waals surface area (Å²) >= 11 is 7.05. The number of halogens is 1. The van der Waals surface area contributed by atoms with E-state index in [1.165, 1.54) is 11.3 Å². The van der Waals surface area contributed by atoms with Crippen LogP contribution in [0.4, 0.5) is 5.95 Å². The molecule has 0 saturated heterocycles. The molecule has 0 unspecified atom stereocenters. The number of hydrogen-bond acceptors (Lipinski definition) is 5. The molecule has 3 N–H and O–H groups in total. The lowest BCUT2D eigenvalue weighted by Crippen LogP contribution is -2.15. The average Bonchev–Trinajstić information content (AvgIpc) is 2.50. The second-order valence-electron chi connectivity index (χ2n) is 2.46. The number of aromatic nitrogens is 3. The van der Waals surface area contributed by atoms with Crippen LogP contribution in [0.25, 0.3) is 10.7 Å². The van der Waals surface area contributed by atoms with E-state index in [2.05, 4.69) is 15.0 Å². The lowest BCUT2D eigenvalue weighted by Gasteiger charge is -1.95. The molecular formula is C7H5ClN4OS. The zero-order valence-electron chi connectivity index (χ0n) is 6.82. The van der Waals surface area contributed by atoms with Crippen LogP contribution in [-0.4, -0.2) is 15.0 Å². The monoisotopic (exact) mass is 228 g/mol. The van der Waals surface area contributed by atoms with Crippen molar-refractivity contribution in [3.05, 3.63) is 27.0 Å². The van der Waals surface area contributed by atoms with Gasteiger partial charge in [0, 0.05) is 0 Å². The molecule has 0 fully saturated rings. The van der Waals surface area contributed by atoms with Gasteiger partial charge in [-0.05, 0) is 12.1 Å². The van der Waals surface area contributed by atoms with Crippen LogP contribution in [0.1, 0.15) is 0 Å². The molecule has 2 heterocycles. The highest BCUT2D eigenvalue weighted by Gasteiger charge is 2.05. The Morgan fingerprint density at radius 3 is 2.79 bits per heavy atom. The van der Waals surface area contributed by atoms with Crippen molar-refractivity contribution >= 4 is 28.9 Å². The molecule has 0 amide bonds. The first-order valence-corrected chi connectivity index (χ1v) is 4.84. The number of H-pyrrole nitrogens is 1. The van der Waals surface area contributed by atoms with Gasteiger partial charge in [-0.25, -0.2) is 4.79 Å². The van der Waals surface area contributed by atoms with Gasteiger partial charge >= 0.3 is 5.69 Å². The van der Waals surface area contributed by atoms with Crippen molar-refractivity contribution < 1.29 is 0 Å². The zero-order chi connectivity index (χ0) is 10.1. The topological polar surface area (TPSA) is 84.7 Å². The lowest BCUT2D eigenvalue weighted by atomic mass is 10.4. The van der Waals surface area contributed by atoms with Gasteiger partial charge in [-0.15, -0.1) is 11.3 Å². The summed E-state index contributed by atoms with van der Waals surface area (Å²) in [7, 11) is 0. The minimum Gasteiger partial charge on any atom is -0.368 e. The van der Waals surface area contributed by atoms with E-state index in [0.717, 1.165) is 4.88 Å². The van der Waals surface area contributed by atoms with Crippen LogP contribution in [0.15, 0.2) is 16.9 Å². The number of anilines is 1. The van der Waals surface area contributed by atoms with Gasteiger partial charge in [0.15, 0.2) is 5.82 Å². The first kappa shape index (κ1) is 9.17. The van der Waals surface area contributed by atoms with E-state index >= 15 is 0 Å².